The Balaban J connectivity index is 2.34. The maximum atomic E-state index is 6.04. The summed E-state index contributed by atoms with van der Waals surface area (Å²) in [6.07, 6.45) is 0. The molecule has 0 radical (unpaired) electrons. The minimum absolute atomic E-state index is 0.106. The second kappa shape index (κ2) is 5.24. The summed E-state index contributed by atoms with van der Waals surface area (Å²) in [5, 5.41) is 6.54. The van der Waals surface area contributed by atoms with Gasteiger partial charge in [0.05, 0.1) is 15.7 Å². The maximum Gasteiger partial charge on any atom is 0.233 e. The quantitative estimate of drug-likeness (QED) is 0.803. The van der Waals surface area contributed by atoms with Crippen LogP contribution in [0.1, 0.15) is 0 Å². The van der Waals surface area contributed by atoms with Gasteiger partial charge in [0, 0.05) is 7.05 Å². The number of hydrogen-bond donors (Lipinski definition) is 3. The van der Waals surface area contributed by atoms with Crippen LogP contribution in [0, 0.1) is 0 Å². The molecule has 0 aliphatic carbocycles. The molecule has 2 aromatic rings. The lowest BCUT2D eigenvalue weighted by Crippen LogP contribution is -2.06. The minimum atomic E-state index is 0.106. The van der Waals surface area contributed by atoms with Gasteiger partial charge in [-0.1, -0.05) is 29.3 Å². The zero-order valence-corrected chi connectivity index (χ0v) is 10.9. The van der Waals surface area contributed by atoms with Crippen LogP contribution < -0.4 is 16.4 Å². The van der Waals surface area contributed by atoms with Crippen LogP contribution >= 0.6 is 23.2 Å². The van der Waals surface area contributed by atoms with Crippen molar-refractivity contribution in [2.24, 2.45) is 0 Å². The first-order chi connectivity index (χ1) is 8.60. The van der Waals surface area contributed by atoms with Crippen molar-refractivity contribution in [1.82, 2.24) is 15.0 Å². The summed E-state index contributed by atoms with van der Waals surface area (Å²) in [5.41, 5.74) is 6.15. The highest BCUT2D eigenvalue weighted by Gasteiger charge is 2.08. The Labute approximate surface area is 114 Å². The van der Waals surface area contributed by atoms with Gasteiger partial charge >= 0.3 is 0 Å². The van der Waals surface area contributed by atoms with Crippen LogP contribution in [0.4, 0.5) is 23.5 Å². The smallest absolute Gasteiger partial charge is 0.233 e. The molecule has 0 amide bonds. The highest BCUT2D eigenvalue weighted by molar-refractivity contribution is 6.43. The second-order valence-electron chi connectivity index (χ2n) is 3.32. The van der Waals surface area contributed by atoms with E-state index in [-0.39, 0.29) is 11.9 Å². The van der Waals surface area contributed by atoms with Crippen molar-refractivity contribution in [3.05, 3.63) is 28.2 Å². The van der Waals surface area contributed by atoms with Gasteiger partial charge in [0.1, 0.15) is 0 Å². The first kappa shape index (κ1) is 12.7. The minimum Gasteiger partial charge on any atom is -0.368 e. The molecule has 0 aliphatic heterocycles. The molecule has 0 atom stereocenters. The summed E-state index contributed by atoms with van der Waals surface area (Å²) >= 11 is 12.0. The molecule has 4 N–H and O–H groups in total. The van der Waals surface area contributed by atoms with Crippen LogP contribution in [0.2, 0.25) is 10.0 Å². The molecule has 0 unspecified atom stereocenters. The van der Waals surface area contributed by atoms with E-state index < -0.39 is 0 Å². The molecular weight excluding hydrogens is 275 g/mol. The number of nitrogens with one attached hydrogen (secondary N) is 2. The molecule has 0 spiro atoms. The normalized spacial score (nSPS) is 10.2. The Morgan fingerprint density at radius 1 is 1.11 bits per heavy atom. The van der Waals surface area contributed by atoms with Crippen molar-refractivity contribution in [3.8, 4) is 0 Å². The summed E-state index contributed by atoms with van der Waals surface area (Å²) in [5.74, 6) is 0.758. The monoisotopic (exact) mass is 284 g/mol. The molecule has 1 aromatic carbocycles. The molecular formula is C10H10Cl2N6. The molecule has 1 heterocycles. The lowest BCUT2D eigenvalue weighted by molar-refractivity contribution is 1.07. The Bertz CT molecular complexity index is 574. The maximum absolute atomic E-state index is 6.04. The highest BCUT2D eigenvalue weighted by atomic mass is 35.5. The average molecular weight is 285 g/mol. The molecule has 2 rings (SSSR count). The molecule has 0 bridgehead atoms. The third-order valence-corrected chi connectivity index (χ3v) is 2.89. The van der Waals surface area contributed by atoms with E-state index in [4.69, 9.17) is 28.9 Å². The summed E-state index contributed by atoms with van der Waals surface area (Å²) in [6, 6.07) is 5.21. The highest BCUT2D eigenvalue weighted by Crippen LogP contribution is 2.31. The van der Waals surface area contributed by atoms with E-state index in [1.807, 2.05) is 0 Å². The van der Waals surface area contributed by atoms with Crippen LogP contribution in [-0.2, 0) is 0 Å². The van der Waals surface area contributed by atoms with Crippen LogP contribution in [0.5, 0.6) is 0 Å². The van der Waals surface area contributed by atoms with Crippen molar-refractivity contribution in [3.63, 3.8) is 0 Å². The lowest BCUT2D eigenvalue weighted by atomic mass is 10.3. The number of aromatic nitrogens is 3. The van der Waals surface area contributed by atoms with E-state index in [1.54, 1.807) is 25.2 Å². The van der Waals surface area contributed by atoms with Gasteiger partial charge in [-0.05, 0) is 12.1 Å². The van der Waals surface area contributed by atoms with E-state index in [9.17, 15) is 0 Å². The first-order valence-electron chi connectivity index (χ1n) is 5.00. The van der Waals surface area contributed by atoms with Gasteiger partial charge in [0.15, 0.2) is 0 Å². The fourth-order valence-electron chi connectivity index (χ4n) is 1.28. The third kappa shape index (κ3) is 2.72. The zero-order valence-electron chi connectivity index (χ0n) is 9.41. The van der Waals surface area contributed by atoms with Crippen molar-refractivity contribution >= 4 is 46.7 Å². The third-order valence-electron chi connectivity index (χ3n) is 2.07. The van der Waals surface area contributed by atoms with E-state index in [2.05, 4.69) is 25.6 Å². The largest absolute Gasteiger partial charge is 0.368 e. The predicted molar refractivity (Wildman–Crippen MR) is 73.5 cm³/mol. The van der Waals surface area contributed by atoms with Gasteiger partial charge in [-0.2, -0.15) is 15.0 Å². The van der Waals surface area contributed by atoms with Crippen LogP contribution in [0.3, 0.4) is 0 Å². The van der Waals surface area contributed by atoms with Crippen molar-refractivity contribution < 1.29 is 0 Å². The number of rotatable bonds is 3. The molecule has 0 aliphatic rings. The van der Waals surface area contributed by atoms with Crippen molar-refractivity contribution in [2.75, 3.05) is 23.4 Å². The van der Waals surface area contributed by atoms with Crippen molar-refractivity contribution in [2.45, 2.75) is 0 Å². The Hall–Kier alpha value is -1.79. The fraction of sp³-hybridized carbons (Fsp3) is 0.100. The summed E-state index contributed by atoms with van der Waals surface area (Å²) in [7, 11) is 1.69. The Morgan fingerprint density at radius 2 is 1.83 bits per heavy atom. The van der Waals surface area contributed by atoms with E-state index >= 15 is 0 Å². The Morgan fingerprint density at radius 3 is 2.56 bits per heavy atom. The standard InChI is InChI=1S/C10H10Cl2N6/c1-14-9-16-8(13)17-10(18-9)15-6-4-2-3-5(11)7(6)12/h2-4H,1H3,(H4,13,14,15,16,17,18). The van der Waals surface area contributed by atoms with E-state index in [1.165, 1.54) is 0 Å². The topological polar surface area (TPSA) is 88.8 Å². The molecule has 6 nitrogen and oxygen atoms in total. The van der Waals surface area contributed by atoms with Gasteiger partial charge < -0.3 is 16.4 Å². The average Bonchev–Trinajstić information content (AvgIpc) is 2.34. The number of halogens is 2. The molecule has 94 valence electrons. The Kier molecular flexibility index (Phi) is 3.69. The number of nitrogens with zero attached hydrogens (tertiary/aromatic N) is 3. The summed E-state index contributed by atoms with van der Waals surface area (Å²) in [6.45, 7) is 0. The van der Waals surface area contributed by atoms with Gasteiger partial charge in [0.2, 0.25) is 17.8 Å². The molecule has 0 saturated heterocycles. The molecule has 18 heavy (non-hydrogen) atoms. The number of hydrogen-bond acceptors (Lipinski definition) is 6. The molecule has 8 heteroatoms. The van der Waals surface area contributed by atoms with Crippen LogP contribution in [0.25, 0.3) is 0 Å². The molecule has 0 fully saturated rings. The van der Waals surface area contributed by atoms with E-state index in [0.717, 1.165) is 0 Å². The number of anilines is 4. The van der Waals surface area contributed by atoms with Crippen LogP contribution in [0.15, 0.2) is 18.2 Å². The van der Waals surface area contributed by atoms with E-state index in [0.29, 0.717) is 21.7 Å². The number of nitrogens with two attached hydrogens (primary N) is 1. The second-order valence-corrected chi connectivity index (χ2v) is 4.10. The summed E-state index contributed by atoms with van der Waals surface area (Å²) < 4.78 is 0. The van der Waals surface area contributed by atoms with Gasteiger partial charge in [-0.3, -0.25) is 0 Å². The van der Waals surface area contributed by atoms with Gasteiger partial charge in [-0.15, -0.1) is 0 Å². The fourth-order valence-corrected chi connectivity index (χ4v) is 1.63. The summed E-state index contributed by atoms with van der Waals surface area (Å²) in [4.78, 5) is 11.9. The molecule has 0 saturated carbocycles. The molecule has 1 aromatic heterocycles. The SMILES string of the molecule is CNc1nc(N)nc(Nc2cccc(Cl)c2Cl)n1. The van der Waals surface area contributed by atoms with Crippen LogP contribution in [-0.4, -0.2) is 22.0 Å². The number of benzene rings is 1. The lowest BCUT2D eigenvalue weighted by Gasteiger charge is -2.09. The van der Waals surface area contributed by atoms with Gasteiger partial charge in [-0.25, -0.2) is 0 Å². The zero-order chi connectivity index (χ0) is 13.1. The van der Waals surface area contributed by atoms with Gasteiger partial charge in [0.25, 0.3) is 0 Å². The van der Waals surface area contributed by atoms with Crippen molar-refractivity contribution in [1.29, 1.82) is 0 Å². The first-order valence-corrected chi connectivity index (χ1v) is 5.76. The predicted octanol–water partition coefficient (Wildman–Crippen LogP) is 2.55. The number of nitrogen functional groups attached to an aromatic ring is 1.